The Morgan fingerprint density at radius 2 is 2.37 bits per heavy atom. The van der Waals surface area contributed by atoms with Crippen LogP contribution in [0.3, 0.4) is 0 Å². The number of aliphatic carboxylic acids is 1. The summed E-state index contributed by atoms with van der Waals surface area (Å²) in [6, 6.07) is -0.851. The molecule has 1 atom stereocenters. The van der Waals surface area contributed by atoms with Gasteiger partial charge in [-0.3, -0.25) is 9.20 Å². The third-order valence-corrected chi connectivity index (χ3v) is 3.78. The van der Waals surface area contributed by atoms with Crippen molar-refractivity contribution < 1.29 is 14.7 Å². The van der Waals surface area contributed by atoms with Crippen LogP contribution in [0.1, 0.15) is 5.69 Å². The molecular weight excluding hydrogens is 266 g/mol. The third kappa shape index (κ3) is 2.12. The van der Waals surface area contributed by atoms with Gasteiger partial charge in [0.2, 0.25) is 5.91 Å². The number of hydrogen-bond donors (Lipinski definition) is 1. The molecule has 3 heterocycles. The number of amides is 1. The second kappa shape index (κ2) is 4.51. The fourth-order valence-corrected chi connectivity index (χ4v) is 2.83. The second-order valence-electron chi connectivity index (χ2n) is 4.26. The van der Waals surface area contributed by atoms with E-state index in [-0.39, 0.29) is 12.3 Å². The summed E-state index contributed by atoms with van der Waals surface area (Å²) >= 11 is 1.49. The Bertz CT molecular complexity index is 644. The normalized spacial score (nSPS) is 18.3. The van der Waals surface area contributed by atoms with Crippen LogP contribution in [0.15, 0.2) is 29.9 Å². The number of imidazole rings is 1. The van der Waals surface area contributed by atoms with Crippen molar-refractivity contribution in [2.45, 2.75) is 12.5 Å². The lowest BCUT2D eigenvalue weighted by Gasteiger charge is -2.20. The molecule has 0 aliphatic carbocycles. The molecule has 1 N–H and O–H groups in total. The molecule has 0 unspecified atom stereocenters. The van der Waals surface area contributed by atoms with Gasteiger partial charge in [0.1, 0.15) is 6.04 Å². The molecule has 0 saturated carbocycles. The van der Waals surface area contributed by atoms with Gasteiger partial charge in [-0.15, -0.1) is 11.3 Å². The fourth-order valence-electron chi connectivity index (χ4n) is 2.11. The first-order chi connectivity index (χ1) is 9.15. The van der Waals surface area contributed by atoms with Gasteiger partial charge in [-0.25, -0.2) is 9.78 Å². The molecule has 2 aromatic heterocycles. The summed E-state index contributed by atoms with van der Waals surface area (Å²) in [6.07, 6.45) is 7.02. The average Bonchev–Trinajstić information content (AvgIpc) is 3.01. The van der Waals surface area contributed by atoms with E-state index in [1.807, 2.05) is 16.0 Å². The molecule has 0 aromatic carbocycles. The van der Waals surface area contributed by atoms with Gasteiger partial charge in [0, 0.05) is 24.3 Å². The largest absolute Gasteiger partial charge is 0.479 e. The predicted octanol–water partition coefficient (Wildman–Crippen LogP) is 0.790. The van der Waals surface area contributed by atoms with Crippen LogP contribution in [0.25, 0.3) is 4.96 Å². The van der Waals surface area contributed by atoms with Gasteiger partial charge in [-0.05, 0) is 0 Å². The first-order valence-electron chi connectivity index (χ1n) is 5.75. The molecule has 98 valence electrons. The predicted molar refractivity (Wildman–Crippen MR) is 69.0 cm³/mol. The van der Waals surface area contributed by atoms with Gasteiger partial charge < -0.3 is 10.0 Å². The van der Waals surface area contributed by atoms with Crippen molar-refractivity contribution in [1.29, 1.82) is 0 Å². The minimum absolute atomic E-state index is 0.125. The molecule has 0 radical (unpaired) electrons. The van der Waals surface area contributed by atoms with Crippen LogP contribution >= 0.6 is 11.3 Å². The number of aromatic nitrogens is 2. The fraction of sp³-hybridized carbons (Fsp3) is 0.250. The Morgan fingerprint density at radius 1 is 1.53 bits per heavy atom. The maximum Gasteiger partial charge on any atom is 0.330 e. The molecule has 7 heteroatoms. The Morgan fingerprint density at radius 3 is 3.11 bits per heavy atom. The summed E-state index contributed by atoms with van der Waals surface area (Å²) in [6.45, 7) is 0.345. The Balaban J connectivity index is 1.74. The first-order valence-corrected chi connectivity index (χ1v) is 6.63. The van der Waals surface area contributed by atoms with Gasteiger partial charge in [-0.1, -0.05) is 12.2 Å². The molecular formula is C12H11N3O3S. The zero-order chi connectivity index (χ0) is 13.4. The van der Waals surface area contributed by atoms with Crippen molar-refractivity contribution in [1.82, 2.24) is 14.3 Å². The summed E-state index contributed by atoms with van der Waals surface area (Å²) in [5.41, 5.74) is 0.660. The number of hydrogen-bond acceptors (Lipinski definition) is 4. The molecule has 0 saturated heterocycles. The molecule has 19 heavy (non-hydrogen) atoms. The summed E-state index contributed by atoms with van der Waals surface area (Å²) in [4.78, 5) is 29.6. The van der Waals surface area contributed by atoms with Crippen LogP contribution < -0.4 is 0 Å². The third-order valence-electron chi connectivity index (χ3n) is 3.01. The smallest absolute Gasteiger partial charge is 0.330 e. The number of carboxylic acid groups (broad SMARTS) is 1. The van der Waals surface area contributed by atoms with E-state index in [0.717, 1.165) is 4.96 Å². The number of rotatable bonds is 3. The molecule has 0 spiro atoms. The lowest BCUT2D eigenvalue weighted by atomic mass is 10.2. The summed E-state index contributed by atoms with van der Waals surface area (Å²) in [5.74, 6) is -1.23. The Hall–Kier alpha value is -2.15. The minimum atomic E-state index is -1.01. The molecule has 1 aliphatic heterocycles. The van der Waals surface area contributed by atoms with E-state index in [9.17, 15) is 9.59 Å². The number of thiazole rings is 1. The molecule has 1 amide bonds. The van der Waals surface area contributed by atoms with E-state index in [1.54, 1.807) is 12.3 Å². The maximum atomic E-state index is 12.1. The number of carbonyl (C=O) groups excluding carboxylic acids is 1. The van der Waals surface area contributed by atoms with E-state index in [4.69, 9.17) is 5.11 Å². The van der Waals surface area contributed by atoms with Crippen LogP contribution in [0.4, 0.5) is 0 Å². The van der Waals surface area contributed by atoms with Gasteiger partial charge in [-0.2, -0.15) is 0 Å². The molecule has 0 bridgehead atoms. The zero-order valence-corrected chi connectivity index (χ0v) is 10.7. The van der Waals surface area contributed by atoms with Gasteiger partial charge in [0.25, 0.3) is 0 Å². The van der Waals surface area contributed by atoms with Crippen LogP contribution in [-0.2, 0) is 16.0 Å². The van der Waals surface area contributed by atoms with Crippen molar-refractivity contribution >= 4 is 28.2 Å². The highest BCUT2D eigenvalue weighted by molar-refractivity contribution is 7.15. The molecule has 0 fully saturated rings. The van der Waals surface area contributed by atoms with Gasteiger partial charge >= 0.3 is 5.97 Å². The minimum Gasteiger partial charge on any atom is -0.479 e. The highest BCUT2D eigenvalue weighted by atomic mass is 32.1. The van der Waals surface area contributed by atoms with Crippen LogP contribution in [0.2, 0.25) is 0 Å². The van der Waals surface area contributed by atoms with Crippen LogP contribution in [0.5, 0.6) is 0 Å². The maximum absolute atomic E-state index is 12.1. The van der Waals surface area contributed by atoms with Crippen molar-refractivity contribution in [3.8, 4) is 0 Å². The number of fused-ring (bicyclic) bond motifs is 1. The van der Waals surface area contributed by atoms with Gasteiger partial charge in [0.05, 0.1) is 12.1 Å². The highest BCUT2D eigenvalue weighted by Crippen LogP contribution is 2.15. The van der Waals surface area contributed by atoms with Crippen molar-refractivity contribution in [3.05, 3.63) is 35.6 Å². The first kappa shape index (κ1) is 11.9. The van der Waals surface area contributed by atoms with E-state index in [0.29, 0.717) is 12.2 Å². The molecule has 1 aliphatic rings. The van der Waals surface area contributed by atoms with Crippen molar-refractivity contribution in [2.75, 3.05) is 6.54 Å². The van der Waals surface area contributed by atoms with Gasteiger partial charge in [0.15, 0.2) is 4.96 Å². The molecule has 6 nitrogen and oxygen atoms in total. The van der Waals surface area contributed by atoms with Crippen LogP contribution in [-0.4, -0.2) is 43.9 Å². The lowest BCUT2D eigenvalue weighted by Crippen LogP contribution is -2.41. The number of nitrogens with zero attached hydrogens (tertiary/aromatic N) is 3. The second-order valence-corrected chi connectivity index (χ2v) is 5.13. The van der Waals surface area contributed by atoms with Crippen molar-refractivity contribution in [2.24, 2.45) is 0 Å². The average molecular weight is 277 g/mol. The summed E-state index contributed by atoms with van der Waals surface area (Å²) in [7, 11) is 0. The standard InChI is InChI=1S/C12H11N3O3S/c16-10(15-3-1-2-9(15)11(17)18)6-8-7-14-4-5-19-12(14)13-8/h1-2,4-5,7,9H,3,6H2,(H,17,18)/t9-/m1/s1. The summed E-state index contributed by atoms with van der Waals surface area (Å²) in [5, 5.41) is 10.9. The Kier molecular flexibility index (Phi) is 2.83. The van der Waals surface area contributed by atoms with Crippen LogP contribution in [0, 0.1) is 0 Å². The van der Waals surface area contributed by atoms with E-state index >= 15 is 0 Å². The Labute approximate surface area is 112 Å². The number of carbonyl (C=O) groups is 2. The summed E-state index contributed by atoms with van der Waals surface area (Å²) < 4.78 is 1.85. The van der Waals surface area contributed by atoms with E-state index < -0.39 is 12.0 Å². The van der Waals surface area contributed by atoms with E-state index in [1.165, 1.54) is 22.3 Å². The van der Waals surface area contributed by atoms with Crippen molar-refractivity contribution in [3.63, 3.8) is 0 Å². The zero-order valence-electron chi connectivity index (χ0n) is 9.89. The monoisotopic (exact) mass is 277 g/mol. The quantitative estimate of drug-likeness (QED) is 0.842. The lowest BCUT2D eigenvalue weighted by molar-refractivity contribution is -0.146. The molecule has 3 rings (SSSR count). The SMILES string of the molecule is O=C(O)[C@H]1C=CCN1C(=O)Cc1cn2ccsc2n1. The van der Waals surface area contributed by atoms with E-state index in [2.05, 4.69) is 4.98 Å². The molecule has 2 aromatic rings. The number of carboxylic acids is 1. The topological polar surface area (TPSA) is 74.9 Å². The highest BCUT2D eigenvalue weighted by Gasteiger charge is 2.30.